The Labute approximate surface area is 208 Å². The van der Waals surface area contributed by atoms with Gasteiger partial charge in [-0.05, 0) is 45.1 Å². The number of aliphatic hydroxyl groups excluding tert-OH is 2. The summed E-state index contributed by atoms with van der Waals surface area (Å²) in [5, 5.41) is 44.8. The van der Waals surface area contributed by atoms with Crippen LogP contribution in [0.25, 0.3) is 0 Å². The van der Waals surface area contributed by atoms with Crippen LogP contribution >= 0.6 is 0 Å². The maximum atomic E-state index is 13.8. The summed E-state index contributed by atoms with van der Waals surface area (Å²) in [6.07, 6.45) is -0.894. The molecule has 0 aliphatic heterocycles. The number of nitrogens with zero attached hydrogens (tertiary/aromatic N) is 2. The number of carbonyl (C=O) groups is 3. The van der Waals surface area contributed by atoms with Crippen LogP contribution in [0, 0.1) is 11.8 Å². The molecule has 0 unspecified atom stereocenters. The van der Waals surface area contributed by atoms with E-state index >= 15 is 0 Å². The third-order valence-electron chi connectivity index (χ3n) is 7.48. The average Bonchev–Trinajstić information content (AvgIpc) is 2.78. The van der Waals surface area contributed by atoms with E-state index in [9.17, 15) is 34.8 Å². The highest BCUT2D eigenvalue weighted by Gasteiger charge is 2.67. The Morgan fingerprint density at radius 2 is 1.81 bits per heavy atom. The van der Waals surface area contributed by atoms with Crippen LogP contribution in [0.2, 0.25) is 0 Å². The van der Waals surface area contributed by atoms with Gasteiger partial charge in [0.2, 0.25) is 5.78 Å². The third-order valence-corrected chi connectivity index (χ3v) is 7.48. The SMILES string of the molecule is CCO[C@@H]1[C@H]2[C@H](N(C)C)C(O)=C(C(N)=O)C(=O)[C@@]2(O)C(O)=C2C(=O)c3c(O)ccc(N(C)C)c3C[C@H]21. The maximum Gasteiger partial charge on any atom is 0.255 e. The lowest BCUT2D eigenvalue weighted by Gasteiger charge is -2.53. The van der Waals surface area contributed by atoms with Gasteiger partial charge in [0, 0.05) is 37.9 Å². The van der Waals surface area contributed by atoms with Crippen LogP contribution in [0.15, 0.2) is 34.8 Å². The molecular formula is C25H31N3O8. The zero-order valence-electron chi connectivity index (χ0n) is 20.8. The fraction of sp³-hybridized carbons (Fsp3) is 0.480. The first kappa shape index (κ1) is 25.7. The molecule has 0 spiro atoms. The molecule has 0 saturated heterocycles. The zero-order valence-corrected chi connectivity index (χ0v) is 20.8. The Bertz CT molecular complexity index is 1230. The van der Waals surface area contributed by atoms with Crippen molar-refractivity contribution in [3.8, 4) is 5.75 Å². The van der Waals surface area contributed by atoms with Crippen LogP contribution in [0.4, 0.5) is 5.69 Å². The summed E-state index contributed by atoms with van der Waals surface area (Å²) in [6.45, 7) is 1.83. The second-order valence-corrected chi connectivity index (χ2v) is 9.83. The number of hydrogen-bond acceptors (Lipinski definition) is 10. The van der Waals surface area contributed by atoms with Crippen molar-refractivity contribution in [3.63, 3.8) is 0 Å². The maximum absolute atomic E-state index is 13.8. The smallest absolute Gasteiger partial charge is 0.255 e. The molecule has 1 amide bonds. The van der Waals surface area contributed by atoms with Gasteiger partial charge in [-0.15, -0.1) is 0 Å². The first-order chi connectivity index (χ1) is 16.8. The topological polar surface area (TPSA) is 174 Å². The fourth-order valence-corrected chi connectivity index (χ4v) is 6.05. The molecule has 194 valence electrons. The van der Waals surface area contributed by atoms with Crippen LogP contribution in [-0.4, -0.2) is 95.3 Å². The fourth-order valence-electron chi connectivity index (χ4n) is 6.05. The van der Waals surface area contributed by atoms with Gasteiger partial charge < -0.3 is 35.8 Å². The van der Waals surface area contributed by atoms with Crippen LogP contribution in [0.3, 0.4) is 0 Å². The molecular weight excluding hydrogens is 470 g/mol. The lowest BCUT2D eigenvalue weighted by atomic mass is 9.57. The lowest BCUT2D eigenvalue weighted by molar-refractivity contribution is -0.167. The molecule has 0 saturated carbocycles. The van der Waals surface area contributed by atoms with Gasteiger partial charge in [-0.1, -0.05) is 0 Å². The van der Waals surface area contributed by atoms with Gasteiger partial charge in [-0.25, -0.2) is 0 Å². The Morgan fingerprint density at radius 3 is 2.33 bits per heavy atom. The van der Waals surface area contributed by atoms with Crippen molar-refractivity contribution < 1.29 is 39.5 Å². The van der Waals surface area contributed by atoms with Crippen LogP contribution in [0.1, 0.15) is 22.8 Å². The summed E-state index contributed by atoms with van der Waals surface area (Å²) >= 11 is 0. The van der Waals surface area contributed by atoms with Gasteiger partial charge in [0.1, 0.15) is 22.8 Å². The van der Waals surface area contributed by atoms with E-state index in [1.54, 1.807) is 46.1 Å². The minimum atomic E-state index is -2.78. The molecule has 0 radical (unpaired) electrons. The molecule has 0 fully saturated rings. The van der Waals surface area contributed by atoms with Gasteiger partial charge >= 0.3 is 0 Å². The largest absolute Gasteiger partial charge is 0.510 e. The molecule has 0 bridgehead atoms. The monoisotopic (exact) mass is 501 g/mol. The molecule has 1 aromatic rings. The predicted octanol–water partition coefficient (Wildman–Crippen LogP) is 0.202. The van der Waals surface area contributed by atoms with Gasteiger partial charge in [0.25, 0.3) is 5.91 Å². The Morgan fingerprint density at radius 1 is 1.17 bits per heavy atom. The molecule has 5 atom stereocenters. The minimum Gasteiger partial charge on any atom is -0.510 e. The number of aromatic hydroxyl groups is 1. The second-order valence-electron chi connectivity index (χ2n) is 9.83. The van der Waals surface area contributed by atoms with E-state index in [2.05, 4.69) is 0 Å². The van der Waals surface area contributed by atoms with E-state index in [4.69, 9.17) is 10.5 Å². The molecule has 4 rings (SSSR count). The lowest BCUT2D eigenvalue weighted by Crippen LogP contribution is -2.68. The Kier molecular flexibility index (Phi) is 6.14. The van der Waals surface area contributed by atoms with Crippen molar-refractivity contribution in [1.82, 2.24) is 4.90 Å². The summed E-state index contributed by atoms with van der Waals surface area (Å²) in [7, 11) is 6.71. The zero-order chi connectivity index (χ0) is 26.9. The Balaban J connectivity index is 2.07. The van der Waals surface area contributed by atoms with E-state index in [-0.39, 0.29) is 29.9 Å². The van der Waals surface area contributed by atoms with Gasteiger partial charge in [0.05, 0.1) is 23.6 Å². The van der Waals surface area contributed by atoms with Crippen LogP contribution < -0.4 is 10.6 Å². The van der Waals surface area contributed by atoms with E-state index in [0.29, 0.717) is 11.3 Å². The summed E-state index contributed by atoms with van der Waals surface area (Å²) in [5.41, 5.74) is 2.63. The van der Waals surface area contributed by atoms with E-state index in [1.165, 1.54) is 11.0 Å². The number of ketones is 2. The Hall–Kier alpha value is -3.41. The average molecular weight is 502 g/mol. The molecule has 11 heteroatoms. The number of aliphatic hydroxyl groups is 3. The number of carbonyl (C=O) groups excluding carboxylic acids is 3. The molecule has 6 N–H and O–H groups in total. The number of Topliss-reactive ketones (excluding diaryl/α,β-unsaturated/α-hetero) is 2. The van der Waals surface area contributed by atoms with Crippen molar-refractivity contribution in [2.24, 2.45) is 17.6 Å². The number of primary amides is 1. The molecule has 3 aliphatic rings. The minimum absolute atomic E-state index is 0.0442. The number of phenols is 1. The predicted molar refractivity (Wildman–Crippen MR) is 129 cm³/mol. The van der Waals surface area contributed by atoms with Gasteiger partial charge in [-0.2, -0.15) is 0 Å². The second kappa shape index (κ2) is 8.61. The number of fused-ring (bicyclic) bond motifs is 3. The summed E-state index contributed by atoms with van der Waals surface area (Å²) in [5.74, 6) is -7.33. The first-order valence-corrected chi connectivity index (χ1v) is 11.6. The highest BCUT2D eigenvalue weighted by atomic mass is 16.5. The summed E-state index contributed by atoms with van der Waals surface area (Å²) in [4.78, 5) is 42.7. The summed E-state index contributed by atoms with van der Waals surface area (Å²) in [6, 6.07) is 1.89. The standard InChI is InChI=1S/C25H31N3O8/c1-6-36-21-11-9-10-12(27(2)3)7-8-13(29)14(10)19(30)15(11)22(32)25(35)17(21)18(28(4)5)20(31)16(23(25)33)24(26)34/h7-8,11,17-18,21,29,31-32,35H,6,9H2,1-5H3,(H2,26,34)/t11-,17-,18+,21+,25+/m1/s1. The van der Waals surface area contributed by atoms with Crippen molar-refractivity contribution in [3.05, 3.63) is 45.9 Å². The third kappa shape index (κ3) is 3.26. The van der Waals surface area contributed by atoms with Gasteiger partial charge in [-0.3, -0.25) is 19.3 Å². The number of anilines is 1. The normalized spacial score (nSPS) is 29.8. The number of hydrogen-bond donors (Lipinski definition) is 5. The number of benzene rings is 1. The van der Waals surface area contributed by atoms with Gasteiger partial charge in [0.15, 0.2) is 11.4 Å². The molecule has 36 heavy (non-hydrogen) atoms. The first-order valence-electron chi connectivity index (χ1n) is 11.6. The van der Waals surface area contributed by atoms with Crippen molar-refractivity contribution in [1.29, 1.82) is 0 Å². The van der Waals surface area contributed by atoms with Crippen molar-refractivity contribution in [2.45, 2.75) is 31.1 Å². The van der Waals surface area contributed by atoms with E-state index in [0.717, 1.165) is 0 Å². The quantitative estimate of drug-likeness (QED) is 0.351. The number of amides is 1. The van der Waals surface area contributed by atoms with E-state index < -0.39 is 64.1 Å². The number of ether oxygens (including phenoxy) is 1. The van der Waals surface area contributed by atoms with E-state index in [1.807, 2.05) is 0 Å². The highest BCUT2D eigenvalue weighted by molar-refractivity contribution is 6.25. The number of rotatable bonds is 5. The summed E-state index contributed by atoms with van der Waals surface area (Å²) < 4.78 is 6.04. The molecule has 1 aromatic carbocycles. The molecule has 0 aromatic heterocycles. The number of phenolic OH excluding ortho intramolecular Hbond substituents is 1. The molecule has 3 aliphatic carbocycles. The molecule has 0 heterocycles. The number of nitrogens with two attached hydrogens (primary N) is 1. The highest BCUT2D eigenvalue weighted by Crippen LogP contribution is 2.54. The van der Waals surface area contributed by atoms with Crippen molar-refractivity contribution >= 4 is 23.2 Å². The van der Waals surface area contributed by atoms with Crippen LogP contribution in [-0.2, 0) is 20.7 Å². The number of likely N-dealkylation sites (N-methyl/N-ethyl adjacent to an activating group) is 1. The molecule has 11 nitrogen and oxygen atoms in total. The van der Waals surface area contributed by atoms with Crippen molar-refractivity contribution in [2.75, 3.05) is 39.7 Å². The van der Waals surface area contributed by atoms with Crippen LogP contribution in [0.5, 0.6) is 5.75 Å².